The van der Waals surface area contributed by atoms with Gasteiger partial charge in [-0.15, -0.1) is 0 Å². The van der Waals surface area contributed by atoms with E-state index < -0.39 is 23.6 Å². The fourth-order valence-electron chi connectivity index (χ4n) is 3.81. The molecule has 2 aromatic heterocycles. The molecule has 1 aliphatic rings. The first-order valence-electron chi connectivity index (χ1n) is 10.4. The summed E-state index contributed by atoms with van der Waals surface area (Å²) in [6.45, 7) is 2.15. The van der Waals surface area contributed by atoms with E-state index in [2.05, 4.69) is 25.6 Å². The minimum atomic E-state index is -1.11. The lowest BCUT2D eigenvalue weighted by Crippen LogP contribution is -2.39. The molecule has 1 saturated carbocycles. The van der Waals surface area contributed by atoms with E-state index in [-0.39, 0.29) is 29.8 Å². The maximum Gasteiger partial charge on any atom is 0.404 e. The van der Waals surface area contributed by atoms with Crippen LogP contribution in [-0.2, 0) is 6.42 Å². The van der Waals surface area contributed by atoms with Crippen molar-refractivity contribution in [2.24, 2.45) is 5.92 Å². The molecular formula is C21H27N5O5. The fraction of sp³-hybridized carbons (Fsp3) is 0.476. The number of hydrogen-bond donors (Lipinski definition) is 5. The number of aromatic hydroxyl groups is 2. The topological polar surface area (TPSA) is 158 Å². The second-order valence-corrected chi connectivity index (χ2v) is 7.76. The van der Waals surface area contributed by atoms with Gasteiger partial charge in [0.05, 0.1) is 0 Å². The Morgan fingerprint density at radius 1 is 1.19 bits per heavy atom. The second kappa shape index (κ2) is 10.1. The zero-order valence-electron chi connectivity index (χ0n) is 17.3. The quantitative estimate of drug-likeness (QED) is 0.449. The lowest BCUT2D eigenvalue weighted by Gasteiger charge is -2.28. The van der Waals surface area contributed by atoms with Crippen LogP contribution < -0.4 is 10.6 Å². The number of rotatable bonds is 7. The number of hydrogen-bond acceptors (Lipinski definition) is 7. The van der Waals surface area contributed by atoms with E-state index in [9.17, 15) is 19.8 Å². The highest BCUT2D eigenvalue weighted by molar-refractivity contribution is 5.96. The molecule has 2 aromatic rings. The van der Waals surface area contributed by atoms with Crippen molar-refractivity contribution in [3.63, 3.8) is 0 Å². The van der Waals surface area contributed by atoms with Crippen LogP contribution in [0.3, 0.4) is 0 Å². The highest BCUT2D eigenvalue weighted by Crippen LogP contribution is 2.30. The summed E-state index contributed by atoms with van der Waals surface area (Å²) in [4.78, 5) is 35.5. The van der Waals surface area contributed by atoms with Gasteiger partial charge in [0.15, 0.2) is 11.5 Å². The number of carbonyl (C=O) groups excluding carboxylic acids is 1. The third kappa shape index (κ3) is 5.80. The summed E-state index contributed by atoms with van der Waals surface area (Å²) >= 11 is 0. The molecular weight excluding hydrogens is 402 g/mol. The van der Waals surface area contributed by atoms with Crippen LogP contribution in [-0.4, -0.2) is 54.9 Å². The predicted octanol–water partition coefficient (Wildman–Crippen LogP) is 2.46. The van der Waals surface area contributed by atoms with E-state index in [4.69, 9.17) is 5.11 Å². The van der Waals surface area contributed by atoms with Crippen LogP contribution in [0.1, 0.15) is 55.1 Å². The van der Waals surface area contributed by atoms with E-state index in [0.29, 0.717) is 12.3 Å². The van der Waals surface area contributed by atoms with E-state index >= 15 is 0 Å². The molecule has 10 heteroatoms. The van der Waals surface area contributed by atoms with Gasteiger partial charge in [-0.2, -0.15) is 4.98 Å². The third-order valence-electron chi connectivity index (χ3n) is 5.54. The molecule has 2 amide bonds. The van der Waals surface area contributed by atoms with Gasteiger partial charge in [0.1, 0.15) is 5.69 Å². The SMILES string of the molecule is CC(NC(=O)c1nc(-c2cc(CCNC(=O)O)ccn2)nc(O)c1O)C1CCCCC1. The van der Waals surface area contributed by atoms with Crippen LogP contribution in [0.25, 0.3) is 11.5 Å². The summed E-state index contributed by atoms with van der Waals surface area (Å²) in [5.74, 6) is -1.62. The molecule has 31 heavy (non-hydrogen) atoms. The molecule has 0 aromatic carbocycles. The Morgan fingerprint density at radius 2 is 1.94 bits per heavy atom. The molecule has 0 saturated heterocycles. The number of carboxylic acid groups (broad SMARTS) is 1. The average Bonchev–Trinajstić information content (AvgIpc) is 2.76. The lowest BCUT2D eigenvalue weighted by atomic mass is 9.84. The number of nitrogens with zero attached hydrogens (tertiary/aromatic N) is 3. The van der Waals surface area contributed by atoms with Gasteiger partial charge in [0, 0.05) is 18.8 Å². The van der Waals surface area contributed by atoms with Crippen LogP contribution in [0.5, 0.6) is 11.6 Å². The van der Waals surface area contributed by atoms with Crippen molar-refractivity contribution in [2.45, 2.75) is 51.5 Å². The maximum absolute atomic E-state index is 12.8. The smallest absolute Gasteiger partial charge is 0.404 e. The Bertz CT molecular complexity index is 946. The van der Waals surface area contributed by atoms with Gasteiger partial charge >= 0.3 is 6.09 Å². The van der Waals surface area contributed by atoms with Crippen LogP contribution in [0, 0.1) is 5.92 Å². The monoisotopic (exact) mass is 429 g/mol. The summed E-state index contributed by atoms with van der Waals surface area (Å²) in [6.07, 6.45) is 6.37. The number of nitrogens with one attached hydrogen (secondary N) is 2. The molecule has 166 valence electrons. The Kier molecular flexibility index (Phi) is 7.22. The predicted molar refractivity (Wildman–Crippen MR) is 112 cm³/mol. The van der Waals surface area contributed by atoms with Crippen molar-refractivity contribution in [1.82, 2.24) is 25.6 Å². The fourth-order valence-corrected chi connectivity index (χ4v) is 3.81. The van der Waals surface area contributed by atoms with Crippen molar-refractivity contribution >= 4 is 12.0 Å². The number of pyridine rings is 1. The Balaban J connectivity index is 1.79. The van der Waals surface area contributed by atoms with Crippen LogP contribution in [0.15, 0.2) is 18.3 Å². The minimum Gasteiger partial charge on any atom is -0.501 e. The first-order valence-corrected chi connectivity index (χ1v) is 10.4. The van der Waals surface area contributed by atoms with Gasteiger partial charge in [-0.25, -0.2) is 9.78 Å². The summed E-state index contributed by atoms with van der Waals surface area (Å²) in [5.41, 5.74) is 0.745. The van der Waals surface area contributed by atoms with E-state index in [1.807, 2.05) is 6.92 Å². The molecule has 0 radical (unpaired) electrons. The van der Waals surface area contributed by atoms with Crippen molar-refractivity contribution in [3.05, 3.63) is 29.6 Å². The minimum absolute atomic E-state index is 0.0150. The summed E-state index contributed by atoms with van der Waals surface area (Å²) in [6, 6.07) is 3.27. The molecule has 3 rings (SSSR count). The van der Waals surface area contributed by atoms with Gasteiger partial charge in [-0.05, 0) is 49.8 Å². The van der Waals surface area contributed by atoms with Gasteiger partial charge in [0.2, 0.25) is 5.75 Å². The number of amides is 2. The molecule has 1 unspecified atom stereocenters. The third-order valence-corrected chi connectivity index (χ3v) is 5.54. The largest absolute Gasteiger partial charge is 0.501 e. The van der Waals surface area contributed by atoms with Crippen molar-refractivity contribution in [2.75, 3.05) is 6.54 Å². The van der Waals surface area contributed by atoms with Gasteiger partial charge in [-0.1, -0.05) is 19.3 Å². The van der Waals surface area contributed by atoms with Crippen molar-refractivity contribution < 1.29 is 24.9 Å². The maximum atomic E-state index is 12.8. The first-order chi connectivity index (χ1) is 14.8. The highest BCUT2D eigenvalue weighted by atomic mass is 16.4. The van der Waals surface area contributed by atoms with E-state index in [1.54, 1.807) is 12.1 Å². The second-order valence-electron chi connectivity index (χ2n) is 7.76. The summed E-state index contributed by atoms with van der Waals surface area (Å²) in [7, 11) is 0. The summed E-state index contributed by atoms with van der Waals surface area (Å²) < 4.78 is 0. The van der Waals surface area contributed by atoms with Gasteiger partial charge in [0.25, 0.3) is 11.8 Å². The molecule has 2 heterocycles. The molecule has 0 spiro atoms. The normalized spacial score (nSPS) is 15.3. The lowest BCUT2D eigenvalue weighted by molar-refractivity contribution is 0.0910. The van der Waals surface area contributed by atoms with Gasteiger partial charge < -0.3 is 26.0 Å². The highest BCUT2D eigenvalue weighted by Gasteiger charge is 2.26. The molecule has 1 aliphatic carbocycles. The standard InChI is InChI=1S/C21H27N5O5/c1-12(14-5-3-2-4-6-14)24-19(28)16-17(27)20(29)26-18(25-16)15-11-13(7-9-22-15)8-10-23-21(30)31/h7,9,11-12,14,23,27H,2-6,8,10H2,1H3,(H,24,28)(H,30,31)(H,25,26,29). The number of carbonyl (C=O) groups is 2. The van der Waals surface area contributed by atoms with Crippen molar-refractivity contribution in [3.8, 4) is 23.1 Å². The van der Waals surface area contributed by atoms with E-state index in [1.165, 1.54) is 12.6 Å². The molecule has 10 nitrogen and oxygen atoms in total. The zero-order valence-corrected chi connectivity index (χ0v) is 17.3. The molecule has 0 bridgehead atoms. The van der Waals surface area contributed by atoms with Crippen LogP contribution in [0.2, 0.25) is 0 Å². The van der Waals surface area contributed by atoms with Gasteiger partial charge in [-0.3, -0.25) is 9.78 Å². The Labute approximate surface area is 179 Å². The molecule has 1 fully saturated rings. The zero-order chi connectivity index (χ0) is 22.4. The Hall–Kier alpha value is -3.43. The first kappa shape index (κ1) is 22.3. The Morgan fingerprint density at radius 3 is 2.65 bits per heavy atom. The molecule has 0 aliphatic heterocycles. The summed E-state index contributed by atoms with van der Waals surface area (Å²) in [5, 5.41) is 34.1. The molecule has 5 N–H and O–H groups in total. The van der Waals surface area contributed by atoms with Crippen LogP contribution >= 0.6 is 0 Å². The average molecular weight is 429 g/mol. The van der Waals surface area contributed by atoms with Crippen LogP contribution in [0.4, 0.5) is 4.79 Å². The van der Waals surface area contributed by atoms with Crippen molar-refractivity contribution in [1.29, 1.82) is 0 Å². The van der Waals surface area contributed by atoms with E-state index in [0.717, 1.165) is 31.2 Å². The molecule has 1 atom stereocenters. The number of aromatic nitrogens is 3.